The molecule has 10 N–H and O–H groups in total. The summed E-state index contributed by atoms with van der Waals surface area (Å²) >= 11 is 0. The van der Waals surface area contributed by atoms with Gasteiger partial charge in [-0.05, 0) is 0 Å². The molecule has 182 valence electrons. The van der Waals surface area contributed by atoms with Crippen LogP contribution in [0.1, 0.15) is 0 Å². The number of carboxylic acid groups (broad SMARTS) is 6. The fourth-order valence-electron chi connectivity index (χ4n) is 0.786. The molecule has 6 unspecified atom stereocenters. The van der Waals surface area contributed by atoms with Gasteiger partial charge in [-0.25, -0.2) is 9.59 Å². The summed E-state index contributed by atoms with van der Waals surface area (Å²) in [5.41, 5.74) is 0. The van der Waals surface area contributed by atoms with Gasteiger partial charge in [0.2, 0.25) is 0 Å². The van der Waals surface area contributed by atoms with Gasteiger partial charge in [-0.2, -0.15) is 0 Å². The molecular formula is C12H16O19Ti. The second-order valence-corrected chi connectivity index (χ2v) is 4.62. The van der Waals surface area contributed by atoms with Crippen molar-refractivity contribution in [2.45, 2.75) is 36.6 Å². The van der Waals surface area contributed by atoms with E-state index in [0.29, 0.717) is 0 Å². The molecule has 0 spiro atoms. The van der Waals surface area contributed by atoms with E-state index in [9.17, 15) is 49.2 Å². The molecule has 19 nitrogen and oxygen atoms in total. The van der Waals surface area contributed by atoms with Crippen LogP contribution in [0.15, 0.2) is 0 Å². The maximum Gasteiger partial charge on any atom is 4.00 e. The Morgan fingerprint density at radius 3 is 0.625 bits per heavy atom. The average Bonchev–Trinajstić information content (AvgIpc) is 2.64. The summed E-state index contributed by atoms with van der Waals surface area (Å²) in [6.45, 7) is 0. The number of hydrogen-bond acceptors (Lipinski definition) is 16. The van der Waals surface area contributed by atoms with Crippen molar-refractivity contribution in [2.24, 2.45) is 0 Å². The van der Waals surface area contributed by atoms with Gasteiger partial charge < -0.3 is 85.9 Å². The zero-order chi connectivity index (χ0) is 24.9. The van der Waals surface area contributed by atoms with E-state index in [1.165, 1.54) is 0 Å². The molecular weight excluding hydrogens is 496 g/mol. The Morgan fingerprint density at radius 2 is 0.562 bits per heavy atom. The standard InChI is InChI=1S/3C4H6O6.H2O.Ti/c3*5-1(3(7)8)2(6)4(9)10;;/h3*1-2,5-6H,(H,7,8)(H,9,10);1H2;/q;;;;+4/p-4. The van der Waals surface area contributed by atoms with Gasteiger partial charge >= 0.3 is 33.7 Å². The van der Waals surface area contributed by atoms with E-state index in [2.05, 4.69) is 0 Å². The number of aliphatic hydroxyl groups excluding tert-OH is 6. The largest absolute Gasteiger partial charge is 4.00 e. The molecule has 0 saturated heterocycles. The first-order valence-electron chi connectivity index (χ1n) is 6.77. The average molecular weight is 512 g/mol. The van der Waals surface area contributed by atoms with Crippen LogP contribution in [0.5, 0.6) is 0 Å². The molecule has 0 aliphatic heterocycles. The van der Waals surface area contributed by atoms with E-state index in [4.69, 9.17) is 40.9 Å². The molecule has 0 radical (unpaired) electrons. The first-order valence-corrected chi connectivity index (χ1v) is 6.77. The van der Waals surface area contributed by atoms with E-state index in [-0.39, 0.29) is 27.2 Å². The Hall–Kier alpha value is -2.75. The molecule has 20 heteroatoms. The molecule has 32 heavy (non-hydrogen) atoms. The minimum absolute atomic E-state index is 0. The van der Waals surface area contributed by atoms with Crippen LogP contribution < -0.4 is 20.4 Å². The van der Waals surface area contributed by atoms with Crippen molar-refractivity contribution in [3.05, 3.63) is 0 Å². The number of rotatable bonds is 9. The van der Waals surface area contributed by atoms with Gasteiger partial charge in [0.1, 0.15) is 24.4 Å². The van der Waals surface area contributed by atoms with Crippen LogP contribution in [0.2, 0.25) is 0 Å². The van der Waals surface area contributed by atoms with Gasteiger partial charge in [0.25, 0.3) is 0 Å². The summed E-state index contributed by atoms with van der Waals surface area (Å²) in [6.07, 6.45) is -14.3. The first kappa shape index (κ1) is 39.7. The van der Waals surface area contributed by atoms with E-state index >= 15 is 0 Å². The quantitative estimate of drug-likeness (QED) is 0.133. The van der Waals surface area contributed by atoms with Gasteiger partial charge in [0.15, 0.2) is 12.2 Å². The maximum atomic E-state index is 9.77. The van der Waals surface area contributed by atoms with Crippen LogP contribution in [-0.4, -0.2) is 119 Å². The summed E-state index contributed by atoms with van der Waals surface area (Å²) in [7, 11) is 0. The summed E-state index contributed by atoms with van der Waals surface area (Å²) in [5, 5.41) is 104. The van der Waals surface area contributed by atoms with Crippen LogP contribution in [0.3, 0.4) is 0 Å². The monoisotopic (exact) mass is 512 g/mol. The summed E-state index contributed by atoms with van der Waals surface area (Å²) in [4.78, 5) is 58.1. The fourth-order valence-corrected chi connectivity index (χ4v) is 0.786. The van der Waals surface area contributed by atoms with Gasteiger partial charge in [-0.3, -0.25) is 0 Å². The molecule has 0 heterocycles. The van der Waals surface area contributed by atoms with E-state index in [1.54, 1.807) is 0 Å². The molecule has 0 aliphatic rings. The third-order valence-corrected chi connectivity index (χ3v) is 2.37. The fraction of sp³-hybridized carbons (Fsp3) is 0.500. The van der Waals surface area contributed by atoms with Crippen LogP contribution in [0.25, 0.3) is 0 Å². The molecule has 0 bridgehead atoms. The number of carbonyl (C=O) groups excluding carboxylic acids is 4. The number of carboxylic acids is 6. The SMILES string of the molecule is O.O=C(O)C(O)C(O)C(=O)O.O=C([O-])C(O)C(O)C(=O)[O-].O=C([O-])C(O)C(O)C(=O)[O-].[Ti+4]. The minimum atomic E-state index is -2.44. The first-order chi connectivity index (χ1) is 13.4. The van der Waals surface area contributed by atoms with E-state index in [1.807, 2.05) is 0 Å². The van der Waals surface area contributed by atoms with Crippen molar-refractivity contribution in [1.82, 2.24) is 0 Å². The van der Waals surface area contributed by atoms with Crippen molar-refractivity contribution in [3.63, 3.8) is 0 Å². The van der Waals surface area contributed by atoms with Crippen molar-refractivity contribution in [3.8, 4) is 0 Å². The molecule has 0 aliphatic carbocycles. The third-order valence-electron chi connectivity index (χ3n) is 2.37. The number of aliphatic carboxylic acids is 6. The van der Waals surface area contributed by atoms with E-state index < -0.39 is 72.4 Å². The minimum Gasteiger partial charge on any atom is -0.547 e. The molecule has 0 rings (SSSR count). The van der Waals surface area contributed by atoms with Crippen molar-refractivity contribution in [1.29, 1.82) is 0 Å². The van der Waals surface area contributed by atoms with Crippen LogP contribution >= 0.6 is 0 Å². The molecule has 0 aromatic heterocycles. The zero-order valence-corrected chi connectivity index (χ0v) is 16.7. The molecule has 6 atom stereocenters. The Kier molecular flexibility index (Phi) is 23.5. The molecule has 0 amide bonds. The smallest absolute Gasteiger partial charge is 0.547 e. The molecule has 0 aromatic rings. The molecule has 0 fully saturated rings. The van der Waals surface area contributed by atoms with Crippen LogP contribution in [0, 0.1) is 0 Å². The molecule has 0 aromatic carbocycles. The van der Waals surface area contributed by atoms with Crippen LogP contribution in [0.4, 0.5) is 0 Å². The third kappa shape index (κ3) is 17.0. The number of carbonyl (C=O) groups is 6. The Labute approximate surface area is 190 Å². The van der Waals surface area contributed by atoms with Gasteiger partial charge in [-0.1, -0.05) is 0 Å². The predicted molar refractivity (Wildman–Crippen MR) is 75.0 cm³/mol. The summed E-state index contributed by atoms with van der Waals surface area (Å²) in [5.74, 6) is -11.8. The van der Waals surface area contributed by atoms with Crippen molar-refractivity contribution < 1.29 is 117 Å². The Bertz CT molecular complexity index is 494. The second-order valence-electron chi connectivity index (χ2n) is 4.62. The number of aliphatic hydroxyl groups is 6. The normalized spacial score (nSPS) is 14.8. The predicted octanol–water partition coefficient (Wildman–Crippen LogP) is -12.5. The Balaban J connectivity index is -0.000000110. The Morgan fingerprint density at radius 1 is 0.438 bits per heavy atom. The number of hydrogen-bond donors (Lipinski definition) is 8. The summed E-state index contributed by atoms with van der Waals surface area (Å²) in [6, 6.07) is 0. The zero-order valence-electron chi connectivity index (χ0n) is 15.1. The van der Waals surface area contributed by atoms with Gasteiger partial charge in [0.05, 0.1) is 23.9 Å². The van der Waals surface area contributed by atoms with Crippen molar-refractivity contribution >= 4 is 35.8 Å². The van der Waals surface area contributed by atoms with E-state index in [0.717, 1.165) is 0 Å². The van der Waals surface area contributed by atoms with Crippen molar-refractivity contribution in [2.75, 3.05) is 0 Å². The molecule has 0 saturated carbocycles. The summed E-state index contributed by atoms with van der Waals surface area (Å²) < 4.78 is 0. The van der Waals surface area contributed by atoms with Gasteiger partial charge in [0, 0.05) is 0 Å². The second kappa shape index (κ2) is 19.0. The topological polar surface area (TPSA) is 388 Å². The van der Waals surface area contributed by atoms with Crippen LogP contribution in [-0.2, 0) is 50.5 Å². The van der Waals surface area contributed by atoms with Gasteiger partial charge in [-0.15, -0.1) is 0 Å². The maximum absolute atomic E-state index is 9.77.